The zero-order chi connectivity index (χ0) is 14.1. The Morgan fingerprint density at radius 2 is 1.95 bits per heavy atom. The standard InChI is InChI=1S/C17H18N2O/c1-12-3-6-17(20-2)14(9-12)11-19-8-7-13-10-15(18)4-5-16(13)19/h3-10H,11,18H2,1-2H3. The Morgan fingerprint density at radius 3 is 2.75 bits per heavy atom. The van der Waals surface area contributed by atoms with Gasteiger partial charge in [-0.2, -0.15) is 0 Å². The number of rotatable bonds is 3. The van der Waals surface area contributed by atoms with E-state index in [1.807, 2.05) is 18.2 Å². The molecule has 0 aliphatic heterocycles. The van der Waals surface area contributed by atoms with E-state index < -0.39 is 0 Å². The average Bonchev–Trinajstić information content (AvgIpc) is 2.81. The minimum Gasteiger partial charge on any atom is -0.496 e. The lowest BCUT2D eigenvalue weighted by Crippen LogP contribution is -2.01. The van der Waals surface area contributed by atoms with Crippen LogP contribution in [-0.4, -0.2) is 11.7 Å². The number of ether oxygens (including phenoxy) is 1. The summed E-state index contributed by atoms with van der Waals surface area (Å²) < 4.78 is 7.66. The van der Waals surface area contributed by atoms with E-state index in [1.165, 1.54) is 16.6 Å². The summed E-state index contributed by atoms with van der Waals surface area (Å²) in [5, 5.41) is 1.16. The summed E-state index contributed by atoms with van der Waals surface area (Å²) in [6.45, 7) is 2.88. The van der Waals surface area contributed by atoms with Gasteiger partial charge in [0.1, 0.15) is 5.75 Å². The topological polar surface area (TPSA) is 40.2 Å². The fourth-order valence-electron chi connectivity index (χ4n) is 2.57. The quantitative estimate of drug-likeness (QED) is 0.736. The van der Waals surface area contributed by atoms with Crippen molar-refractivity contribution in [3.05, 3.63) is 59.8 Å². The van der Waals surface area contributed by atoms with Crippen molar-refractivity contribution in [3.8, 4) is 5.75 Å². The molecule has 3 rings (SSSR count). The second kappa shape index (κ2) is 4.93. The maximum atomic E-state index is 5.82. The van der Waals surface area contributed by atoms with Crippen molar-refractivity contribution in [3.63, 3.8) is 0 Å². The summed E-state index contributed by atoms with van der Waals surface area (Å²) in [6, 6.07) is 14.3. The highest BCUT2D eigenvalue weighted by Gasteiger charge is 2.07. The van der Waals surface area contributed by atoms with Crippen molar-refractivity contribution in [2.24, 2.45) is 0 Å². The molecule has 0 radical (unpaired) electrons. The van der Waals surface area contributed by atoms with Crippen LogP contribution in [0.1, 0.15) is 11.1 Å². The number of methoxy groups -OCH3 is 1. The van der Waals surface area contributed by atoms with Crippen molar-refractivity contribution < 1.29 is 4.74 Å². The molecule has 0 fully saturated rings. The normalized spacial score (nSPS) is 10.9. The van der Waals surface area contributed by atoms with Crippen LogP contribution in [0.15, 0.2) is 48.7 Å². The molecule has 0 atom stereocenters. The van der Waals surface area contributed by atoms with Gasteiger partial charge in [-0.1, -0.05) is 17.7 Å². The number of hydrogen-bond donors (Lipinski definition) is 1. The number of aromatic nitrogens is 1. The largest absolute Gasteiger partial charge is 0.496 e. The van der Waals surface area contributed by atoms with Crippen molar-refractivity contribution in [1.29, 1.82) is 0 Å². The first-order valence-electron chi connectivity index (χ1n) is 6.65. The van der Waals surface area contributed by atoms with Gasteiger partial charge in [0.25, 0.3) is 0 Å². The highest BCUT2D eigenvalue weighted by Crippen LogP contribution is 2.24. The van der Waals surface area contributed by atoms with Gasteiger partial charge < -0.3 is 15.0 Å². The maximum Gasteiger partial charge on any atom is 0.123 e. The lowest BCUT2D eigenvalue weighted by atomic mass is 10.1. The third kappa shape index (κ3) is 2.23. The first-order valence-corrected chi connectivity index (χ1v) is 6.65. The summed E-state index contributed by atoms with van der Waals surface area (Å²) in [6.07, 6.45) is 2.09. The number of hydrogen-bond acceptors (Lipinski definition) is 2. The van der Waals surface area contributed by atoms with E-state index in [0.717, 1.165) is 23.4 Å². The first kappa shape index (κ1) is 12.6. The fourth-order valence-corrected chi connectivity index (χ4v) is 2.57. The Labute approximate surface area is 118 Å². The highest BCUT2D eigenvalue weighted by molar-refractivity contribution is 5.83. The average molecular weight is 266 g/mol. The van der Waals surface area contributed by atoms with Gasteiger partial charge in [0, 0.05) is 28.4 Å². The third-order valence-electron chi connectivity index (χ3n) is 3.57. The number of benzene rings is 2. The summed E-state index contributed by atoms with van der Waals surface area (Å²) in [5.74, 6) is 0.924. The predicted molar refractivity (Wildman–Crippen MR) is 83.2 cm³/mol. The summed E-state index contributed by atoms with van der Waals surface area (Å²) in [4.78, 5) is 0. The number of fused-ring (bicyclic) bond motifs is 1. The van der Waals surface area contributed by atoms with Crippen LogP contribution < -0.4 is 10.5 Å². The predicted octanol–water partition coefficient (Wildman–Crippen LogP) is 3.59. The minimum atomic E-state index is 0.790. The smallest absolute Gasteiger partial charge is 0.123 e. The Kier molecular flexibility index (Phi) is 3.11. The van der Waals surface area contributed by atoms with Gasteiger partial charge in [-0.3, -0.25) is 0 Å². The third-order valence-corrected chi connectivity index (χ3v) is 3.57. The van der Waals surface area contributed by atoms with Gasteiger partial charge in [-0.05, 0) is 37.3 Å². The molecule has 0 aliphatic rings. The van der Waals surface area contributed by atoms with Crippen LogP contribution >= 0.6 is 0 Å². The number of nitrogen functional groups attached to an aromatic ring is 1. The van der Waals surface area contributed by atoms with Crippen LogP contribution in [0.5, 0.6) is 5.75 Å². The molecule has 0 saturated carbocycles. The monoisotopic (exact) mass is 266 g/mol. The van der Waals surface area contributed by atoms with Gasteiger partial charge in [0.15, 0.2) is 0 Å². The van der Waals surface area contributed by atoms with Crippen LogP contribution in [0.25, 0.3) is 10.9 Å². The van der Waals surface area contributed by atoms with E-state index in [1.54, 1.807) is 7.11 Å². The van der Waals surface area contributed by atoms with Crippen LogP contribution in [0.4, 0.5) is 5.69 Å². The summed E-state index contributed by atoms with van der Waals surface area (Å²) in [5.41, 5.74) is 10.2. The molecular weight excluding hydrogens is 248 g/mol. The molecule has 0 bridgehead atoms. The maximum absolute atomic E-state index is 5.82. The van der Waals surface area contributed by atoms with Crippen molar-refractivity contribution in [1.82, 2.24) is 4.57 Å². The molecule has 0 unspecified atom stereocenters. The number of aryl methyl sites for hydroxylation is 1. The van der Waals surface area contributed by atoms with Crippen molar-refractivity contribution >= 4 is 16.6 Å². The van der Waals surface area contributed by atoms with E-state index in [2.05, 4.69) is 42.0 Å². The van der Waals surface area contributed by atoms with Crippen molar-refractivity contribution in [2.45, 2.75) is 13.5 Å². The lowest BCUT2D eigenvalue weighted by molar-refractivity contribution is 0.408. The molecule has 102 valence electrons. The Morgan fingerprint density at radius 1 is 1.10 bits per heavy atom. The molecule has 1 aromatic heterocycles. The van der Waals surface area contributed by atoms with Crippen LogP contribution in [-0.2, 0) is 6.54 Å². The molecule has 2 aromatic carbocycles. The van der Waals surface area contributed by atoms with Gasteiger partial charge in [-0.15, -0.1) is 0 Å². The molecular formula is C17H18N2O. The van der Waals surface area contributed by atoms with E-state index in [4.69, 9.17) is 10.5 Å². The SMILES string of the molecule is COc1ccc(C)cc1Cn1ccc2cc(N)ccc21. The molecule has 0 saturated heterocycles. The van der Waals surface area contributed by atoms with Crippen molar-refractivity contribution in [2.75, 3.05) is 12.8 Å². The Hall–Kier alpha value is -2.42. The zero-order valence-corrected chi connectivity index (χ0v) is 11.8. The first-order chi connectivity index (χ1) is 9.67. The summed E-state index contributed by atoms with van der Waals surface area (Å²) >= 11 is 0. The summed E-state index contributed by atoms with van der Waals surface area (Å²) in [7, 11) is 1.71. The molecule has 2 N–H and O–H groups in total. The van der Waals surface area contributed by atoms with Gasteiger partial charge in [-0.25, -0.2) is 0 Å². The van der Waals surface area contributed by atoms with Crippen LogP contribution in [0, 0.1) is 6.92 Å². The molecule has 0 spiro atoms. The lowest BCUT2D eigenvalue weighted by Gasteiger charge is -2.11. The molecule has 0 aliphatic carbocycles. The molecule has 3 aromatic rings. The molecule has 0 amide bonds. The Bertz CT molecular complexity index is 759. The van der Waals surface area contributed by atoms with Gasteiger partial charge >= 0.3 is 0 Å². The van der Waals surface area contributed by atoms with E-state index in [9.17, 15) is 0 Å². The van der Waals surface area contributed by atoms with E-state index in [-0.39, 0.29) is 0 Å². The zero-order valence-electron chi connectivity index (χ0n) is 11.8. The molecule has 1 heterocycles. The van der Waals surface area contributed by atoms with Crippen LogP contribution in [0.2, 0.25) is 0 Å². The second-order valence-electron chi connectivity index (χ2n) is 5.08. The van der Waals surface area contributed by atoms with Gasteiger partial charge in [0.05, 0.1) is 13.7 Å². The highest BCUT2D eigenvalue weighted by atomic mass is 16.5. The van der Waals surface area contributed by atoms with E-state index >= 15 is 0 Å². The van der Waals surface area contributed by atoms with E-state index in [0.29, 0.717) is 0 Å². The number of nitrogens with zero attached hydrogens (tertiary/aromatic N) is 1. The number of nitrogens with two attached hydrogens (primary N) is 1. The van der Waals surface area contributed by atoms with Crippen LogP contribution in [0.3, 0.4) is 0 Å². The minimum absolute atomic E-state index is 0.790. The Balaban J connectivity index is 2.03. The molecule has 3 nitrogen and oxygen atoms in total. The number of anilines is 1. The molecule has 3 heteroatoms. The van der Waals surface area contributed by atoms with Gasteiger partial charge in [0.2, 0.25) is 0 Å². The molecule has 20 heavy (non-hydrogen) atoms. The second-order valence-corrected chi connectivity index (χ2v) is 5.08. The fraction of sp³-hybridized carbons (Fsp3) is 0.176.